The number of hydrogen-bond acceptors (Lipinski definition) is 5. The predicted octanol–water partition coefficient (Wildman–Crippen LogP) is 2.32. The highest BCUT2D eigenvalue weighted by molar-refractivity contribution is 6.06. The van der Waals surface area contributed by atoms with Gasteiger partial charge in [-0.1, -0.05) is 29.5 Å². The van der Waals surface area contributed by atoms with Gasteiger partial charge in [0.15, 0.2) is 5.82 Å². The Kier molecular flexibility index (Phi) is 3.98. The number of nitrogens with zero attached hydrogens (tertiary/aromatic N) is 6. The molecular formula is C18H15N7O. The summed E-state index contributed by atoms with van der Waals surface area (Å²) in [5.74, 6) is 0.369. The van der Waals surface area contributed by atoms with E-state index in [-0.39, 0.29) is 5.91 Å². The molecular weight excluding hydrogens is 330 g/mol. The third-order valence-electron chi connectivity index (χ3n) is 3.80. The zero-order valence-electron chi connectivity index (χ0n) is 13.9. The average Bonchev–Trinajstić information content (AvgIpc) is 3.34. The predicted molar refractivity (Wildman–Crippen MR) is 95.8 cm³/mol. The number of benzene rings is 2. The molecule has 0 aliphatic heterocycles. The van der Waals surface area contributed by atoms with Crippen LogP contribution >= 0.6 is 0 Å². The van der Waals surface area contributed by atoms with Gasteiger partial charge in [-0.05, 0) is 24.3 Å². The first-order valence-electron chi connectivity index (χ1n) is 7.94. The van der Waals surface area contributed by atoms with Crippen LogP contribution in [-0.2, 0) is 7.05 Å². The first-order valence-corrected chi connectivity index (χ1v) is 7.94. The van der Waals surface area contributed by atoms with Crippen LogP contribution < -0.4 is 5.32 Å². The van der Waals surface area contributed by atoms with Crippen LogP contribution in [0.15, 0.2) is 67.3 Å². The summed E-state index contributed by atoms with van der Waals surface area (Å²) in [6.07, 6.45) is 4.90. The van der Waals surface area contributed by atoms with Crippen LogP contribution in [0.4, 0.5) is 5.69 Å². The fraction of sp³-hybridized carbons (Fsp3) is 0.0556. The summed E-state index contributed by atoms with van der Waals surface area (Å²) in [5.41, 5.74) is 2.64. The lowest BCUT2D eigenvalue weighted by atomic mass is 10.1. The second-order valence-corrected chi connectivity index (χ2v) is 5.64. The third-order valence-corrected chi connectivity index (χ3v) is 3.80. The topological polar surface area (TPSA) is 90.5 Å². The van der Waals surface area contributed by atoms with Gasteiger partial charge >= 0.3 is 0 Å². The van der Waals surface area contributed by atoms with Crippen molar-refractivity contribution in [2.75, 3.05) is 5.32 Å². The summed E-state index contributed by atoms with van der Waals surface area (Å²) < 4.78 is 3.19. The van der Waals surface area contributed by atoms with Crippen molar-refractivity contribution in [2.45, 2.75) is 0 Å². The molecule has 1 amide bonds. The van der Waals surface area contributed by atoms with E-state index >= 15 is 0 Å². The Labute approximate surface area is 149 Å². The van der Waals surface area contributed by atoms with Crippen LogP contribution in [0, 0.1) is 0 Å². The van der Waals surface area contributed by atoms with Gasteiger partial charge in [0.25, 0.3) is 5.91 Å². The van der Waals surface area contributed by atoms with Crippen LogP contribution in [0.1, 0.15) is 10.4 Å². The van der Waals surface area contributed by atoms with Crippen molar-refractivity contribution < 1.29 is 4.79 Å². The summed E-state index contributed by atoms with van der Waals surface area (Å²) >= 11 is 0. The highest BCUT2D eigenvalue weighted by Gasteiger charge is 2.14. The highest BCUT2D eigenvalue weighted by Crippen LogP contribution is 2.21. The minimum absolute atomic E-state index is 0.234. The van der Waals surface area contributed by atoms with Crippen LogP contribution in [0.25, 0.3) is 17.1 Å². The van der Waals surface area contributed by atoms with E-state index in [0.717, 1.165) is 5.56 Å². The molecule has 0 bridgehead atoms. The molecule has 0 unspecified atom stereocenters. The van der Waals surface area contributed by atoms with Gasteiger partial charge in [0.1, 0.15) is 6.33 Å². The van der Waals surface area contributed by atoms with Gasteiger partial charge in [0.05, 0.1) is 23.6 Å². The van der Waals surface area contributed by atoms with Gasteiger partial charge in [-0.2, -0.15) is 5.10 Å². The normalized spacial score (nSPS) is 10.7. The lowest BCUT2D eigenvalue weighted by molar-refractivity contribution is 0.102. The van der Waals surface area contributed by atoms with Gasteiger partial charge < -0.3 is 5.32 Å². The summed E-state index contributed by atoms with van der Waals surface area (Å²) in [6, 6.07) is 14.6. The SMILES string of the molecule is Cn1cnc(-c2cccc(NC(=O)c3ccccc3-n3ccnn3)c2)n1. The maximum absolute atomic E-state index is 12.8. The van der Waals surface area contributed by atoms with E-state index in [4.69, 9.17) is 0 Å². The van der Waals surface area contributed by atoms with Crippen molar-refractivity contribution in [2.24, 2.45) is 7.05 Å². The molecule has 8 heteroatoms. The van der Waals surface area contributed by atoms with Crippen molar-refractivity contribution in [3.05, 3.63) is 72.8 Å². The number of aromatic nitrogens is 6. The van der Waals surface area contributed by atoms with Gasteiger partial charge in [-0.15, -0.1) is 5.10 Å². The molecule has 0 spiro atoms. The Hall–Kier alpha value is -3.81. The molecule has 1 N–H and O–H groups in total. The van der Waals surface area contributed by atoms with Crippen molar-refractivity contribution in [1.29, 1.82) is 0 Å². The highest BCUT2D eigenvalue weighted by atomic mass is 16.1. The lowest BCUT2D eigenvalue weighted by Gasteiger charge is -2.10. The number of carbonyl (C=O) groups excluding carboxylic acids is 1. The number of para-hydroxylation sites is 1. The molecule has 0 aliphatic rings. The standard InChI is InChI=1S/C18H15N7O/c1-24-12-19-17(22-24)13-5-4-6-14(11-13)21-18(26)15-7-2-3-8-16(15)25-10-9-20-23-25/h2-12H,1H3,(H,21,26). The summed E-state index contributed by atoms with van der Waals surface area (Å²) in [4.78, 5) is 17.0. The third kappa shape index (κ3) is 3.07. The molecule has 26 heavy (non-hydrogen) atoms. The van der Waals surface area contributed by atoms with Crippen LogP contribution in [0.5, 0.6) is 0 Å². The molecule has 8 nitrogen and oxygen atoms in total. The van der Waals surface area contributed by atoms with Crippen molar-refractivity contribution in [3.63, 3.8) is 0 Å². The van der Waals surface area contributed by atoms with E-state index in [1.165, 1.54) is 0 Å². The number of rotatable bonds is 4. The largest absolute Gasteiger partial charge is 0.322 e. The lowest BCUT2D eigenvalue weighted by Crippen LogP contribution is -2.15. The smallest absolute Gasteiger partial charge is 0.257 e. The first-order chi connectivity index (χ1) is 12.7. The number of aryl methyl sites for hydroxylation is 1. The maximum Gasteiger partial charge on any atom is 0.257 e. The molecule has 2 aromatic heterocycles. The van der Waals surface area contributed by atoms with E-state index in [9.17, 15) is 4.79 Å². The molecule has 4 aromatic rings. The molecule has 2 aromatic carbocycles. The fourth-order valence-corrected chi connectivity index (χ4v) is 2.61. The Morgan fingerprint density at radius 3 is 2.77 bits per heavy atom. The summed E-state index contributed by atoms with van der Waals surface area (Å²) in [6.45, 7) is 0. The van der Waals surface area contributed by atoms with E-state index in [2.05, 4.69) is 25.7 Å². The van der Waals surface area contributed by atoms with Crippen molar-refractivity contribution >= 4 is 11.6 Å². The minimum Gasteiger partial charge on any atom is -0.322 e. The van der Waals surface area contributed by atoms with E-state index in [1.54, 1.807) is 34.2 Å². The minimum atomic E-state index is -0.234. The Morgan fingerprint density at radius 1 is 1.12 bits per heavy atom. The number of nitrogens with one attached hydrogen (secondary N) is 1. The van der Waals surface area contributed by atoms with Gasteiger partial charge in [-0.25, -0.2) is 9.67 Å². The monoisotopic (exact) mass is 345 g/mol. The van der Waals surface area contributed by atoms with Gasteiger partial charge in [-0.3, -0.25) is 9.48 Å². The number of hydrogen-bond donors (Lipinski definition) is 1. The van der Waals surface area contributed by atoms with Crippen molar-refractivity contribution in [3.8, 4) is 17.1 Å². The molecule has 0 atom stereocenters. The Balaban J connectivity index is 1.62. The van der Waals surface area contributed by atoms with E-state index in [1.807, 2.05) is 49.5 Å². The zero-order valence-corrected chi connectivity index (χ0v) is 13.9. The van der Waals surface area contributed by atoms with Crippen LogP contribution in [-0.4, -0.2) is 35.7 Å². The average molecular weight is 345 g/mol. The summed E-state index contributed by atoms with van der Waals surface area (Å²) in [7, 11) is 1.81. The Bertz CT molecular complexity index is 1050. The first kappa shape index (κ1) is 15.7. The van der Waals surface area contributed by atoms with Gasteiger partial charge in [0.2, 0.25) is 0 Å². The second kappa shape index (κ2) is 6.60. The number of carbonyl (C=O) groups is 1. The number of anilines is 1. The number of amides is 1. The molecule has 2 heterocycles. The van der Waals surface area contributed by atoms with E-state index < -0.39 is 0 Å². The summed E-state index contributed by atoms with van der Waals surface area (Å²) in [5, 5.41) is 15.0. The quantitative estimate of drug-likeness (QED) is 0.613. The molecule has 4 rings (SSSR count). The molecule has 0 radical (unpaired) electrons. The Morgan fingerprint density at radius 2 is 2.00 bits per heavy atom. The maximum atomic E-state index is 12.8. The van der Waals surface area contributed by atoms with Gasteiger partial charge in [0, 0.05) is 18.3 Å². The molecule has 0 aliphatic carbocycles. The fourth-order valence-electron chi connectivity index (χ4n) is 2.61. The molecule has 0 saturated heterocycles. The van der Waals surface area contributed by atoms with Crippen LogP contribution in [0.2, 0.25) is 0 Å². The zero-order chi connectivity index (χ0) is 17.9. The van der Waals surface area contributed by atoms with E-state index in [0.29, 0.717) is 22.8 Å². The molecule has 0 fully saturated rings. The van der Waals surface area contributed by atoms with Crippen LogP contribution in [0.3, 0.4) is 0 Å². The molecule has 0 saturated carbocycles. The van der Waals surface area contributed by atoms with Crippen molar-refractivity contribution in [1.82, 2.24) is 29.8 Å². The molecule has 128 valence electrons. The second-order valence-electron chi connectivity index (χ2n) is 5.64.